The van der Waals surface area contributed by atoms with E-state index in [9.17, 15) is 0 Å². The second-order valence-electron chi connectivity index (χ2n) is 2.45. The summed E-state index contributed by atoms with van der Waals surface area (Å²) >= 11 is 2.24. The molecule has 2 nitrogen and oxygen atoms in total. The molecule has 1 atom stereocenters. The molecule has 0 bridgehead atoms. The van der Waals surface area contributed by atoms with E-state index in [1.165, 1.54) is 0 Å². The molecule has 66 valence electrons. The minimum absolute atomic E-state index is 0.878. The molecule has 0 amide bonds. The van der Waals surface area contributed by atoms with E-state index in [4.69, 9.17) is 8.85 Å². The molecule has 0 aliphatic carbocycles. The van der Waals surface area contributed by atoms with Crippen LogP contribution in [0.15, 0.2) is 30.3 Å². The van der Waals surface area contributed by atoms with Crippen molar-refractivity contribution in [2.75, 3.05) is 7.11 Å². The molecule has 0 aromatic heterocycles. The van der Waals surface area contributed by atoms with E-state index >= 15 is 0 Å². The van der Waals surface area contributed by atoms with Crippen LogP contribution in [0.3, 0.4) is 0 Å². The SMILES string of the molecule is CO[Si](C)(I)Oc1ccccc1. The van der Waals surface area contributed by atoms with Crippen molar-refractivity contribution in [3.8, 4) is 5.75 Å². The smallest absolute Gasteiger partial charge is 0.465 e. The first-order chi connectivity index (χ1) is 5.64. The van der Waals surface area contributed by atoms with Gasteiger partial charge in [-0.2, -0.15) is 0 Å². The van der Waals surface area contributed by atoms with Gasteiger partial charge in [0.15, 0.2) is 0 Å². The molecule has 0 radical (unpaired) electrons. The number of rotatable bonds is 3. The summed E-state index contributed by atoms with van der Waals surface area (Å²) in [6, 6.07) is 7.78. The Morgan fingerprint density at radius 3 is 2.33 bits per heavy atom. The largest absolute Gasteiger partial charge is 0.514 e. The van der Waals surface area contributed by atoms with Gasteiger partial charge in [0.1, 0.15) is 5.75 Å². The van der Waals surface area contributed by atoms with Crippen molar-refractivity contribution in [2.24, 2.45) is 0 Å². The molecule has 1 unspecified atom stereocenters. The maximum absolute atomic E-state index is 5.65. The topological polar surface area (TPSA) is 18.5 Å². The number of hydrogen-bond donors (Lipinski definition) is 0. The fourth-order valence-electron chi connectivity index (χ4n) is 0.741. The summed E-state index contributed by atoms with van der Waals surface area (Å²) in [5.74, 6) is 0.878. The Kier molecular flexibility index (Phi) is 3.54. The van der Waals surface area contributed by atoms with Gasteiger partial charge in [-0.3, -0.25) is 0 Å². The Balaban J connectivity index is 2.64. The van der Waals surface area contributed by atoms with E-state index < -0.39 is 6.06 Å². The minimum atomic E-state index is -1.95. The summed E-state index contributed by atoms with van der Waals surface area (Å²) in [7, 11) is 1.68. The highest BCUT2D eigenvalue weighted by molar-refractivity contribution is 14.1. The van der Waals surface area contributed by atoms with Crippen LogP contribution in [0.5, 0.6) is 5.75 Å². The summed E-state index contributed by atoms with van der Waals surface area (Å²) in [5, 5.41) is 0. The standard InChI is InChI=1S/C8H11IO2Si/c1-10-12(2,9)11-8-6-4-3-5-7-8/h3-7H,1-2H3. The molecule has 1 aromatic carbocycles. The van der Waals surface area contributed by atoms with Crippen LogP contribution < -0.4 is 4.43 Å². The molecule has 0 heterocycles. The zero-order valence-electron chi connectivity index (χ0n) is 7.08. The number of halogens is 1. The van der Waals surface area contributed by atoms with Crippen molar-refractivity contribution >= 4 is 27.9 Å². The fraction of sp³-hybridized carbons (Fsp3) is 0.250. The Morgan fingerprint density at radius 2 is 1.83 bits per heavy atom. The van der Waals surface area contributed by atoms with Crippen LogP contribution >= 0.6 is 21.8 Å². The maximum Gasteiger partial charge on any atom is 0.465 e. The van der Waals surface area contributed by atoms with Crippen LogP contribution in [-0.2, 0) is 4.43 Å². The maximum atomic E-state index is 5.65. The molecule has 0 aliphatic heterocycles. The third-order valence-corrected chi connectivity index (χ3v) is 4.72. The van der Waals surface area contributed by atoms with Crippen LogP contribution in [-0.4, -0.2) is 13.2 Å². The molecular formula is C8H11IO2Si. The zero-order chi connectivity index (χ0) is 9.03. The lowest BCUT2D eigenvalue weighted by Gasteiger charge is -2.18. The highest BCUT2D eigenvalue weighted by Crippen LogP contribution is 2.20. The Hall–Kier alpha value is -0.0731. The van der Waals surface area contributed by atoms with Crippen molar-refractivity contribution in [3.05, 3.63) is 30.3 Å². The van der Waals surface area contributed by atoms with Crippen molar-refractivity contribution in [1.29, 1.82) is 0 Å². The Bertz CT molecular complexity index is 238. The van der Waals surface area contributed by atoms with Gasteiger partial charge >= 0.3 is 6.06 Å². The molecule has 0 saturated carbocycles. The zero-order valence-corrected chi connectivity index (χ0v) is 10.2. The normalized spacial score (nSPS) is 15.2. The number of benzene rings is 1. The highest BCUT2D eigenvalue weighted by Gasteiger charge is 2.27. The van der Waals surface area contributed by atoms with E-state index in [0.717, 1.165) is 5.75 Å². The third kappa shape index (κ3) is 3.12. The van der Waals surface area contributed by atoms with Gasteiger partial charge in [0.05, 0.1) is 0 Å². The average molecular weight is 294 g/mol. The van der Waals surface area contributed by atoms with Crippen molar-refractivity contribution in [1.82, 2.24) is 0 Å². The Morgan fingerprint density at radius 1 is 1.25 bits per heavy atom. The van der Waals surface area contributed by atoms with Crippen LogP contribution in [0.4, 0.5) is 0 Å². The van der Waals surface area contributed by atoms with Crippen LogP contribution in [0, 0.1) is 0 Å². The second-order valence-corrected chi connectivity index (χ2v) is 10.6. The lowest BCUT2D eigenvalue weighted by molar-refractivity contribution is 0.337. The van der Waals surface area contributed by atoms with Gasteiger partial charge in [-0.25, -0.2) is 0 Å². The van der Waals surface area contributed by atoms with Gasteiger partial charge in [-0.05, 0) is 33.9 Å². The van der Waals surface area contributed by atoms with Crippen molar-refractivity contribution < 1.29 is 8.85 Å². The number of para-hydroxylation sites is 1. The molecule has 0 fully saturated rings. The van der Waals surface area contributed by atoms with Crippen molar-refractivity contribution in [3.63, 3.8) is 0 Å². The van der Waals surface area contributed by atoms with Gasteiger partial charge in [0.2, 0.25) is 0 Å². The molecular weight excluding hydrogens is 283 g/mol. The predicted molar refractivity (Wildman–Crippen MR) is 59.7 cm³/mol. The third-order valence-electron chi connectivity index (χ3n) is 1.41. The summed E-state index contributed by atoms with van der Waals surface area (Å²) in [5.41, 5.74) is 0. The lowest BCUT2D eigenvalue weighted by Crippen LogP contribution is -2.33. The summed E-state index contributed by atoms with van der Waals surface area (Å²) in [6.07, 6.45) is 0. The molecule has 0 spiro atoms. The van der Waals surface area contributed by atoms with E-state index in [1.54, 1.807) is 7.11 Å². The molecule has 0 saturated heterocycles. The van der Waals surface area contributed by atoms with Crippen LogP contribution in [0.1, 0.15) is 0 Å². The van der Waals surface area contributed by atoms with E-state index in [-0.39, 0.29) is 0 Å². The Labute approximate surface area is 86.4 Å². The first kappa shape index (κ1) is 10.0. The first-order valence-electron chi connectivity index (χ1n) is 3.62. The van der Waals surface area contributed by atoms with E-state index in [2.05, 4.69) is 21.8 Å². The molecule has 0 N–H and O–H groups in total. The lowest BCUT2D eigenvalue weighted by atomic mass is 10.3. The van der Waals surface area contributed by atoms with E-state index in [1.807, 2.05) is 36.9 Å². The van der Waals surface area contributed by atoms with Gasteiger partial charge in [0.25, 0.3) is 0 Å². The fourth-order valence-corrected chi connectivity index (χ4v) is 2.14. The monoisotopic (exact) mass is 294 g/mol. The van der Waals surface area contributed by atoms with Crippen LogP contribution in [0.25, 0.3) is 0 Å². The molecule has 1 rings (SSSR count). The summed E-state index contributed by atoms with van der Waals surface area (Å²) in [4.78, 5) is 0. The van der Waals surface area contributed by atoms with Gasteiger partial charge < -0.3 is 8.85 Å². The van der Waals surface area contributed by atoms with E-state index in [0.29, 0.717) is 0 Å². The van der Waals surface area contributed by atoms with Crippen LogP contribution in [0.2, 0.25) is 6.55 Å². The molecule has 1 aromatic rings. The molecule has 0 aliphatic rings. The quantitative estimate of drug-likeness (QED) is 0.485. The summed E-state index contributed by atoms with van der Waals surface area (Å²) in [6.45, 7) is 2.00. The highest BCUT2D eigenvalue weighted by atomic mass is 127. The van der Waals surface area contributed by atoms with Gasteiger partial charge in [0, 0.05) is 13.7 Å². The first-order valence-corrected chi connectivity index (χ1v) is 9.05. The second kappa shape index (κ2) is 4.24. The minimum Gasteiger partial charge on any atom is -0.514 e. The molecule has 4 heteroatoms. The average Bonchev–Trinajstić information content (AvgIpc) is 2.06. The van der Waals surface area contributed by atoms with Gasteiger partial charge in [-0.15, -0.1) is 0 Å². The molecule has 12 heavy (non-hydrogen) atoms. The summed E-state index contributed by atoms with van der Waals surface area (Å²) < 4.78 is 10.9. The predicted octanol–water partition coefficient (Wildman–Crippen LogP) is 2.72. The number of hydrogen-bond acceptors (Lipinski definition) is 2. The van der Waals surface area contributed by atoms with Gasteiger partial charge in [-0.1, -0.05) is 18.2 Å². The van der Waals surface area contributed by atoms with Crippen molar-refractivity contribution in [2.45, 2.75) is 6.55 Å².